The van der Waals surface area contributed by atoms with Crippen LogP contribution in [0, 0.1) is 5.41 Å². The number of methoxy groups -OCH3 is 1. The molecule has 1 amide bonds. The van der Waals surface area contributed by atoms with Crippen LogP contribution in [-0.2, 0) is 14.3 Å². The molecule has 3 rings (SSSR count). The van der Waals surface area contributed by atoms with E-state index in [0.717, 1.165) is 38.3 Å². The van der Waals surface area contributed by atoms with Crippen LogP contribution in [0.15, 0.2) is 30.3 Å². The topological polar surface area (TPSA) is 48.0 Å². The minimum Gasteiger partial charge on any atom is -0.493 e. The molecule has 0 aromatic heterocycles. The summed E-state index contributed by atoms with van der Waals surface area (Å²) in [5.41, 5.74) is -0.0249. The maximum atomic E-state index is 12.5. The highest BCUT2D eigenvalue weighted by atomic mass is 16.5. The van der Waals surface area contributed by atoms with Gasteiger partial charge in [-0.05, 0) is 25.0 Å². The van der Waals surface area contributed by atoms with E-state index in [-0.39, 0.29) is 17.4 Å². The molecule has 0 bridgehead atoms. The summed E-state index contributed by atoms with van der Waals surface area (Å²) in [5, 5.41) is 0. The molecule has 1 aromatic carbocycles. The number of carbonyl (C=O) groups excluding carboxylic acids is 1. The molecule has 23 heavy (non-hydrogen) atoms. The van der Waals surface area contributed by atoms with E-state index in [4.69, 9.17) is 14.2 Å². The van der Waals surface area contributed by atoms with Crippen molar-refractivity contribution in [1.82, 2.24) is 4.90 Å². The summed E-state index contributed by atoms with van der Waals surface area (Å²) in [6.07, 6.45) is 2.50. The number of hydrogen-bond acceptors (Lipinski definition) is 4. The lowest BCUT2D eigenvalue weighted by Crippen LogP contribution is -2.53. The quantitative estimate of drug-likeness (QED) is 0.806. The number of rotatable bonds is 6. The van der Waals surface area contributed by atoms with E-state index in [1.807, 2.05) is 35.2 Å². The highest BCUT2D eigenvalue weighted by molar-refractivity contribution is 5.76. The first-order chi connectivity index (χ1) is 11.2. The molecule has 2 fully saturated rings. The third-order valence-electron chi connectivity index (χ3n) is 4.88. The molecule has 5 heteroatoms. The van der Waals surface area contributed by atoms with Crippen LogP contribution in [0.25, 0.3) is 0 Å². The highest BCUT2D eigenvalue weighted by Gasteiger charge is 2.48. The number of amides is 1. The van der Waals surface area contributed by atoms with Crippen molar-refractivity contribution in [3.63, 3.8) is 0 Å². The number of nitrogens with zero attached hydrogens (tertiary/aromatic N) is 1. The maximum absolute atomic E-state index is 12.5. The first-order valence-electron chi connectivity index (χ1n) is 8.30. The average molecular weight is 319 g/mol. The zero-order chi connectivity index (χ0) is 16.1. The monoisotopic (exact) mass is 319 g/mol. The molecule has 5 nitrogen and oxygen atoms in total. The number of hydrogen-bond donors (Lipinski definition) is 0. The summed E-state index contributed by atoms with van der Waals surface area (Å²) in [6.45, 7) is 3.33. The largest absolute Gasteiger partial charge is 0.493 e. The minimum absolute atomic E-state index is 0.0249. The van der Waals surface area contributed by atoms with E-state index in [9.17, 15) is 4.79 Å². The molecule has 0 saturated carbocycles. The third-order valence-corrected chi connectivity index (χ3v) is 4.88. The second-order valence-electron chi connectivity index (χ2n) is 6.42. The SMILES string of the molecule is COC[C@]12CCO[C@H]1CCN(C(=O)CCOc1ccccc1)C2. The molecule has 2 atom stereocenters. The van der Waals surface area contributed by atoms with E-state index in [0.29, 0.717) is 19.6 Å². The van der Waals surface area contributed by atoms with Crippen molar-refractivity contribution in [2.75, 3.05) is 40.0 Å². The van der Waals surface area contributed by atoms with Crippen molar-refractivity contribution in [3.05, 3.63) is 30.3 Å². The van der Waals surface area contributed by atoms with Gasteiger partial charge in [0.2, 0.25) is 5.91 Å². The fourth-order valence-corrected chi connectivity index (χ4v) is 3.69. The van der Waals surface area contributed by atoms with Crippen molar-refractivity contribution in [2.45, 2.75) is 25.4 Å². The lowest BCUT2D eigenvalue weighted by Gasteiger charge is -2.43. The Morgan fingerprint density at radius 2 is 2.22 bits per heavy atom. The minimum atomic E-state index is -0.0249. The van der Waals surface area contributed by atoms with Gasteiger partial charge in [0.25, 0.3) is 0 Å². The van der Waals surface area contributed by atoms with Crippen LogP contribution in [0.1, 0.15) is 19.3 Å². The van der Waals surface area contributed by atoms with Crippen LogP contribution in [0.4, 0.5) is 0 Å². The molecule has 0 spiro atoms. The predicted octanol–water partition coefficient (Wildman–Crippen LogP) is 2.11. The Bertz CT molecular complexity index is 521. The smallest absolute Gasteiger partial charge is 0.226 e. The second kappa shape index (κ2) is 7.32. The van der Waals surface area contributed by atoms with E-state index < -0.39 is 0 Å². The fourth-order valence-electron chi connectivity index (χ4n) is 3.69. The van der Waals surface area contributed by atoms with E-state index in [1.165, 1.54) is 0 Å². The fraction of sp³-hybridized carbons (Fsp3) is 0.611. The van der Waals surface area contributed by atoms with Gasteiger partial charge in [0.05, 0.1) is 25.7 Å². The Balaban J connectivity index is 1.51. The lowest BCUT2D eigenvalue weighted by molar-refractivity contribution is -0.139. The molecule has 2 heterocycles. The molecule has 0 unspecified atom stereocenters. The van der Waals surface area contributed by atoms with Crippen LogP contribution in [0.5, 0.6) is 5.75 Å². The average Bonchev–Trinajstić information content (AvgIpc) is 2.98. The zero-order valence-electron chi connectivity index (χ0n) is 13.7. The molecule has 1 aromatic rings. The van der Waals surface area contributed by atoms with Crippen molar-refractivity contribution < 1.29 is 19.0 Å². The van der Waals surface area contributed by atoms with Crippen LogP contribution in [0.3, 0.4) is 0 Å². The molecule has 0 radical (unpaired) electrons. The van der Waals surface area contributed by atoms with Crippen LogP contribution in [0.2, 0.25) is 0 Å². The summed E-state index contributed by atoms with van der Waals surface area (Å²) in [6, 6.07) is 9.60. The molecule has 0 N–H and O–H groups in total. The van der Waals surface area contributed by atoms with Crippen LogP contribution in [-0.4, -0.2) is 56.9 Å². The van der Waals surface area contributed by atoms with E-state index in [1.54, 1.807) is 7.11 Å². The summed E-state index contributed by atoms with van der Waals surface area (Å²) in [5.74, 6) is 0.959. The molecular weight excluding hydrogens is 294 g/mol. The zero-order valence-corrected chi connectivity index (χ0v) is 13.7. The summed E-state index contributed by atoms with van der Waals surface area (Å²) < 4.78 is 16.9. The van der Waals surface area contributed by atoms with Gasteiger partial charge in [0.15, 0.2) is 0 Å². The number of fused-ring (bicyclic) bond motifs is 1. The van der Waals surface area contributed by atoms with Crippen molar-refractivity contribution in [1.29, 1.82) is 0 Å². The Morgan fingerprint density at radius 1 is 1.39 bits per heavy atom. The van der Waals surface area contributed by atoms with Gasteiger partial charge in [-0.15, -0.1) is 0 Å². The molecule has 126 valence electrons. The van der Waals surface area contributed by atoms with Gasteiger partial charge < -0.3 is 19.1 Å². The summed E-state index contributed by atoms with van der Waals surface area (Å²) >= 11 is 0. The molecule has 0 aliphatic carbocycles. The first-order valence-corrected chi connectivity index (χ1v) is 8.30. The van der Waals surface area contributed by atoms with Gasteiger partial charge in [0, 0.05) is 32.2 Å². The number of likely N-dealkylation sites (tertiary alicyclic amines) is 1. The first kappa shape index (κ1) is 16.3. The highest BCUT2D eigenvalue weighted by Crippen LogP contribution is 2.41. The van der Waals surface area contributed by atoms with Gasteiger partial charge in [-0.2, -0.15) is 0 Å². The van der Waals surface area contributed by atoms with E-state index >= 15 is 0 Å². The van der Waals surface area contributed by atoms with Crippen LogP contribution >= 0.6 is 0 Å². The Labute approximate surface area is 137 Å². The number of para-hydroxylation sites is 1. The Morgan fingerprint density at radius 3 is 3.00 bits per heavy atom. The van der Waals surface area contributed by atoms with E-state index in [2.05, 4.69) is 0 Å². The number of benzene rings is 1. The number of piperidine rings is 1. The summed E-state index contributed by atoms with van der Waals surface area (Å²) in [7, 11) is 1.72. The molecular formula is C18H25NO4. The van der Waals surface area contributed by atoms with Crippen molar-refractivity contribution >= 4 is 5.91 Å². The van der Waals surface area contributed by atoms with Crippen molar-refractivity contribution in [3.8, 4) is 5.75 Å². The Kier molecular flexibility index (Phi) is 5.18. The van der Waals surface area contributed by atoms with Gasteiger partial charge in [0.1, 0.15) is 5.75 Å². The second-order valence-corrected chi connectivity index (χ2v) is 6.42. The lowest BCUT2D eigenvalue weighted by atomic mass is 9.77. The van der Waals surface area contributed by atoms with Gasteiger partial charge in [-0.1, -0.05) is 18.2 Å². The standard InChI is InChI=1S/C18H25NO4/c1-21-14-18-9-12-23-16(18)7-10-19(13-18)17(20)8-11-22-15-5-3-2-4-6-15/h2-6,16H,7-14H2,1H3/t16-,18+/m0/s1. The van der Waals surface area contributed by atoms with Crippen molar-refractivity contribution in [2.24, 2.45) is 5.41 Å². The normalized spacial score (nSPS) is 26.8. The van der Waals surface area contributed by atoms with Gasteiger partial charge in [-0.25, -0.2) is 0 Å². The van der Waals surface area contributed by atoms with Gasteiger partial charge >= 0.3 is 0 Å². The number of ether oxygens (including phenoxy) is 3. The Hall–Kier alpha value is -1.59. The summed E-state index contributed by atoms with van der Waals surface area (Å²) in [4.78, 5) is 14.4. The van der Waals surface area contributed by atoms with Crippen LogP contribution < -0.4 is 4.74 Å². The number of carbonyl (C=O) groups is 1. The molecule has 2 saturated heterocycles. The maximum Gasteiger partial charge on any atom is 0.226 e. The van der Waals surface area contributed by atoms with Gasteiger partial charge in [-0.3, -0.25) is 4.79 Å². The molecule has 2 aliphatic rings. The third kappa shape index (κ3) is 3.67. The molecule has 2 aliphatic heterocycles. The predicted molar refractivity (Wildman–Crippen MR) is 86.4 cm³/mol.